The number of nitrogen functional groups attached to an aromatic ring is 1. The summed E-state index contributed by atoms with van der Waals surface area (Å²) >= 11 is 0. The van der Waals surface area contributed by atoms with Gasteiger partial charge in [-0.2, -0.15) is 4.98 Å². The molecule has 7 heteroatoms. The van der Waals surface area contributed by atoms with Gasteiger partial charge in [-0.3, -0.25) is 14.3 Å². The van der Waals surface area contributed by atoms with Crippen LogP contribution in [-0.2, 0) is 0 Å². The molecular formula is C8H11N5O2. The van der Waals surface area contributed by atoms with Crippen LogP contribution in [0.1, 0.15) is 19.6 Å². The molecule has 7 nitrogen and oxygen atoms in total. The zero-order valence-electron chi connectivity index (χ0n) is 8.14. The summed E-state index contributed by atoms with van der Waals surface area (Å²) in [6.45, 7) is 1.81. The number of aliphatic hydroxyl groups is 1. The molecule has 0 amide bonds. The molecule has 15 heavy (non-hydrogen) atoms. The average Bonchev–Trinajstić information content (AvgIpc) is 2.60. The summed E-state index contributed by atoms with van der Waals surface area (Å²) in [5, 5.41) is 9.63. The smallest absolute Gasteiger partial charge is 0.280 e. The number of hydrogen-bond acceptors (Lipinski definition) is 5. The van der Waals surface area contributed by atoms with Gasteiger partial charge in [-0.05, 0) is 6.42 Å². The number of anilines is 1. The van der Waals surface area contributed by atoms with Gasteiger partial charge in [-0.15, -0.1) is 0 Å². The van der Waals surface area contributed by atoms with Crippen molar-refractivity contribution in [3.63, 3.8) is 0 Å². The van der Waals surface area contributed by atoms with Gasteiger partial charge in [0.2, 0.25) is 5.95 Å². The molecule has 0 aliphatic carbocycles. The fraction of sp³-hybridized carbons (Fsp3) is 0.375. The predicted molar refractivity (Wildman–Crippen MR) is 54.1 cm³/mol. The number of aliphatic hydroxyl groups excluding tert-OH is 1. The molecule has 2 aromatic heterocycles. The standard InChI is InChI=1S/C8H11N5O2/c1-2-4(14)13-3-10-5-6(13)11-8(9)12-7(5)15/h3-4,14H,2H2,1H3,(H3,9,11,12,15)/t4-/m1/s1. The first-order valence-corrected chi connectivity index (χ1v) is 4.54. The fourth-order valence-electron chi connectivity index (χ4n) is 1.36. The quantitative estimate of drug-likeness (QED) is 0.623. The van der Waals surface area contributed by atoms with Crippen molar-refractivity contribution < 1.29 is 5.11 Å². The van der Waals surface area contributed by atoms with Crippen molar-refractivity contribution >= 4 is 17.1 Å². The summed E-state index contributed by atoms with van der Waals surface area (Å²) < 4.78 is 1.42. The molecule has 2 heterocycles. The molecule has 0 aliphatic rings. The van der Waals surface area contributed by atoms with Crippen LogP contribution in [-0.4, -0.2) is 24.6 Å². The Hall–Kier alpha value is -1.89. The van der Waals surface area contributed by atoms with E-state index in [1.165, 1.54) is 10.9 Å². The van der Waals surface area contributed by atoms with Crippen molar-refractivity contribution in [2.75, 3.05) is 5.73 Å². The van der Waals surface area contributed by atoms with Gasteiger partial charge in [-0.25, -0.2) is 4.98 Å². The van der Waals surface area contributed by atoms with Gasteiger partial charge in [0.05, 0.1) is 6.33 Å². The molecule has 0 unspecified atom stereocenters. The summed E-state index contributed by atoms with van der Waals surface area (Å²) in [6.07, 6.45) is 1.13. The Morgan fingerprint density at radius 1 is 1.73 bits per heavy atom. The number of aromatic nitrogens is 4. The van der Waals surface area contributed by atoms with Gasteiger partial charge < -0.3 is 10.8 Å². The van der Waals surface area contributed by atoms with E-state index in [-0.39, 0.29) is 11.5 Å². The van der Waals surface area contributed by atoms with Crippen molar-refractivity contribution in [2.24, 2.45) is 0 Å². The van der Waals surface area contributed by atoms with E-state index >= 15 is 0 Å². The van der Waals surface area contributed by atoms with Crippen molar-refractivity contribution in [3.05, 3.63) is 16.7 Å². The Morgan fingerprint density at radius 3 is 3.13 bits per heavy atom. The highest BCUT2D eigenvalue weighted by Crippen LogP contribution is 2.13. The molecular weight excluding hydrogens is 198 g/mol. The molecule has 0 saturated carbocycles. The number of nitrogens with zero attached hydrogens (tertiary/aromatic N) is 3. The van der Waals surface area contributed by atoms with Crippen LogP contribution in [0.4, 0.5) is 5.95 Å². The van der Waals surface area contributed by atoms with Crippen molar-refractivity contribution in [1.82, 2.24) is 19.5 Å². The van der Waals surface area contributed by atoms with Crippen molar-refractivity contribution in [3.8, 4) is 0 Å². The van der Waals surface area contributed by atoms with E-state index in [1.807, 2.05) is 6.92 Å². The van der Waals surface area contributed by atoms with E-state index in [0.717, 1.165) is 0 Å². The lowest BCUT2D eigenvalue weighted by Gasteiger charge is -2.09. The van der Waals surface area contributed by atoms with Gasteiger partial charge in [-0.1, -0.05) is 6.92 Å². The first-order chi connectivity index (χ1) is 7.13. The SMILES string of the molecule is CC[C@@H](O)n1cnc2c(=O)[nH]c(N)nc21. The van der Waals surface area contributed by atoms with Gasteiger partial charge >= 0.3 is 0 Å². The van der Waals surface area contributed by atoms with Crippen LogP contribution in [0.25, 0.3) is 11.2 Å². The number of rotatable bonds is 2. The summed E-state index contributed by atoms with van der Waals surface area (Å²) in [5.41, 5.74) is 5.48. The number of nitrogens with two attached hydrogens (primary N) is 1. The predicted octanol–water partition coefficient (Wildman–Crippen LogP) is -0.397. The number of imidazole rings is 1. The second-order valence-electron chi connectivity index (χ2n) is 3.16. The lowest BCUT2D eigenvalue weighted by molar-refractivity contribution is 0.103. The molecule has 0 saturated heterocycles. The van der Waals surface area contributed by atoms with Crippen LogP contribution in [0, 0.1) is 0 Å². The molecule has 80 valence electrons. The van der Waals surface area contributed by atoms with Gasteiger partial charge in [0.15, 0.2) is 11.2 Å². The summed E-state index contributed by atoms with van der Waals surface area (Å²) in [7, 11) is 0. The summed E-state index contributed by atoms with van der Waals surface area (Å²) in [5.74, 6) is 0.0116. The lowest BCUT2D eigenvalue weighted by Crippen LogP contribution is -2.13. The van der Waals surface area contributed by atoms with E-state index < -0.39 is 11.8 Å². The topological polar surface area (TPSA) is 110 Å². The zero-order valence-corrected chi connectivity index (χ0v) is 8.14. The highest BCUT2D eigenvalue weighted by Gasteiger charge is 2.13. The highest BCUT2D eigenvalue weighted by molar-refractivity contribution is 5.70. The highest BCUT2D eigenvalue weighted by atomic mass is 16.3. The number of hydrogen-bond donors (Lipinski definition) is 3. The summed E-state index contributed by atoms with van der Waals surface area (Å²) in [4.78, 5) is 21.5. The summed E-state index contributed by atoms with van der Waals surface area (Å²) in [6, 6.07) is 0. The maximum Gasteiger partial charge on any atom is 0.280 e. The van der Waals surface area contributed by atoms with Crippen molar-refractivity contribution in [2.45, 2.75) is 19.6 Å². The normalized spacial score (nSPS) is 13.2. The molecule has 0 radical (unpaired) electrons. The zero-order chi connectivity index (χ0) is 11.0. The van der Waals surface area contributed by atoms with E-state index in [1.54, 1.807) is 0 Å². The molecule has 2 rings (SSSR count). The van der Waals surface area contributed by atoms with Gasteiger partial charge in [0.1, 0.15) is 6.23 Å². The van der Waals surface area contributed by atoms with Crippen LogP contribution >= 0.6 is 0 Å². The number of H-pyrrole nitrogens is 1. The minimum atomic E-state index is -0.747. The second kappa shape index (κ2) is 3.35. The maximum absolute atomic E-state index is 11.4. The fourth-order valence-corrected chi connectivity index (χ4v) is 1.36. The molecule has 0 aliphatic heterocycles. The Morgan fingerprint density at radius 2 is 2.47 bits per heavy atom. The lowest BCUT2D eigenvalue weighted by atomic mass is 10.4. The second-order valence-corrected chi connectivity index (χ2v) is 3.16. The Labute approximate surface area is 84.6 Å². The molecule has 4 N–H and O–H groups in total. The third-order valence-electron chi connectivity index (χ3n) is 2.14. The van der Waals surface area contributed by atoms with Gasteiger partial charge in [0.25, 0.3) is 5.56 Å². The number of aromatic amines is 1. The van der Waals surface area contributed by atoms with E-state index in [2.05, 4.69) is 15.0 Å². The number of fused-ring (bicyclic) bond motifs is 1. The average molecular weight is 209 g/mol. The molecule has 0 fully saturated rings. The first kappa shape index (κ1) is 9.66. The Bertz CT molecular complexity index is 543. The van der Waals surface area contributed by atoms with Gasteiger partial charge in [0, 0.05) is 0 Å². The van der Waals surface area contributed by atoms with E-state index in [0.29, 0.717) is 12.1 Å². The monoisotopic (exact) mass is 209 g/mol. The molecule has 1 atom stereocenters. The first-order valence-electron chi connectivity index (χ1n) is 4.54. The van der Waals surface area contributed by atoms with Crippen LogP contribution < -0.4 is 11.3 Å². The maximum atomic E-state index is 11.4. The third kappa shape index (κ3) is 1.46. The minimum absolute atomic E-state index is 0.0116. The Kier molecular flexibility index (Phi) is 2.16. The van der Waals surface area contributed by atoms with Crippen LogP contribution in [0.5, 0.6) is 0 Å². The van der Waals surface area contributed by atoms with Crippen LogP contribution in [0.15, 0.2) is 11.1 Å². The van der Waals surface area contributed by atoms with E-state index in [9.17, 15) is 9.90 Å². The molecule has 0 bridgehead atoms. The number of nitrogens with one attached hydrogen (secondary N) is 1. The molecule has 2 aromatic rings. The molecule has 0 spiro atoms. The van der Waals surface area contributed by atoms with Crippen LogP contribution in [0.2, 0.25) is 0 Å². The van der Waals surface area contributed by atoms with Crippen molar-refractivity contribution in [1.29, 1.82) is 0 Å². The third-order valence-corrected chi connectivity index (χ3v) is 2.14. The van der Waals surface area contributed by atoms with E-state index in [4.69, 9.17) is 5.73 Å². The minimum Gasteiger partial charge on any atom is -0.373 e. The van der Waals surface area contributed by atoms with Crippen LogP contribution in [0.3, 0.4) is 0 Å². The largest absolute Gasteiger partial charge is 0.373 e. The Balaban J connectivity index is 2.74. The molecule has 0 aromatic carbocycles.